The molecule has 1 aromatic rings. The third-order valence-corrected chi connectivity index (χ3v) is 8.08. The number of aromatic nitrogens is 2. The smallest absolute Gasteiger partial charge is 0.352 e. The Morgan fingerprint density at radius 1 is 1.43 bits per heavy atom. The van der Waals surface area contributed by atoms with Crippen molar-refractivity contribution >= 4 is 57.8 Å². The van der Waals surface area contributed by atoms with Crippen molar-refractivity contribution in [1.29, 1.82) is 0 Å². The number of likely N-dealkylation sites (N-methyl/N-ethyl adjacent to an activating group) is 1. The number of hydrogen-bond donors (Lipinski definition) is 4. The number of oxime groups is 1. The van der Waals surface area contributed by atoms with E-state index in [1.807, 2.05) is 7.05 Å². The molecule has 3 amide bonds. The van der Waals surface area contributed by atoms with Crippen molar-refractivity contribution in [2.45, 2.75) is 17.8 Å². The van der Waals surface area contributed by atoms with Crippen LogP contribution in [0.5, 0.6) is 0 Å². The van der Waals surface area contributed by atoms with E-state index in [4.69, 9.17) is 11.5 Å². The fourth-order valence-electron chi connectivity index (χ4n) is 4.36. The Balaban J connectivity index is 1.51. The van der Waals surface area contributed by atoms with Crippen molar-refractivity contribution in [2.75, 3.05) is 45.0 Å². The van der Waals surface area contributed by atoms with Crippen LogP contribution in [0.15, 0.2) is 28.1 Å². The molecule has 0 radical (unpaired) electrons. The van der Waals surface area contributed by atoms with E-state index in [0.717, 1.165) is 16.4 Å². The number of carbonyl (C=O) groups excluding carboxylic acids is 3. The van der Waals surface area contributed by atoms with Gasteiger partial charge in [-0.15, -0.1) is 11.8 Å². The normalized spacial score (nSPS) is 25.7. The number of fused-ring (bicyclic) bond motifs is 1. The lowest BCUT2D eigenvalue weighted by Crippen LogP contribution is -2.71. The van der Waals surface area contributed by atoms with Gasteiger partial charge in [-0.25, -0.2) is 9.18 Å². The van der Waals surface area contributed by atoms with Gasteiger partial charge in [0.2, 0.25) is 17.4 Å². The van der Waals surface area contributed by atoms with Crippen molar-refractivity contribution < 1.29 is 38.0 Å². The number of hydrogen-bond acceptors (Lipinski definition) is 11. The highest BCUT2D eigenvalue weighted by Gasteiger charge is 2.55. The molecule has 17 heteroatoms. The molecule has 0 aliphatic carbocycles. The first-order valence-electron chi connectivity index (χ1n) is 10.9. The van der Waals surface area contributed by atoms with Gasteiger partial charge in [0.25, 0.3) is 18.7 Å². The standard InChI is InChI=1S/C20H23FN8O6S2/c1-29(4-2-9(3-5-29)14(22)30)6-10-7-36-18-12(17(32)28(18)13(10)19(33)34)24-16(31)11(26-35-8-21)15-25-20(23)37-27-15/h2,12,18H,3-8H2,1H3,(H5-,22,23,24,25,27,30,31,33,34)/p+1/b26-11-/t12-,18+,29?/m1/s1. The summed E-state index contributed by atoms with van der Waals surface area (Å²) in [6.07, 6.45) is 2.24. The minimum Gasteiger partial charge on any atom is -0.477 e. The summed E-state index contributed by atoms with van der Waals surface area (Å²) in [5.41, 5.74) is 11.4. The second kappa shape index (κ2) is 10.4. The maximum atomic E-state index is 13.0. The number of nitrogens with one attached hydrogen (secondary N) is 1. The number of nitrogen functional groups attached to an aromatic ring is 1. The number of nitrogens with zero attached hydrogens (tertiary/aromatic N) is 5. The maximum Gasteiger partial charge on any atom is 0.352 e. The van der Waals surface area contributed by atoms with Gasteiger partial charge in [-0.1, -0.05) is 5.16 Å². The lowest BCUT2D eigenvalue weighted by molar-refractivity contribution is -0.900. The highest BCUT2D eigenvalue weighted by molar-refractivity contribution is 8.00. The SMILES string of the molecule is C[N+]1(CC2=C(C(=O)O)N3C(=O)[C@@H](NC(=O)/C(=N\OCF)c4nsc(N)n4)[C@@H]3SC2)CC=C(C(N)=O)CC1. The Bertz CT molecular complexity index is 1250. The van der Waals surface area contributed by atoms with Crippen LogP contribution in [0.3, 0.4) is 0 Å². The molecule has 0 bridgehead atoms. The van der Waals surface area contributed by atoms with Gasteiger partial charge in [-0.05, 0) is 6.08 Å². The molecular weight excluding hydrogens is 531 g/mol. The number of halogens is 1. The number of primary amides is 1. The zero-order valence-electron chi connectivity index (χ0n) is 19.5. The van der Waals surface area contributed by atoms with Gasteiger partial charge >= 0.3 is 5.97 Å². The number of nitrogens with two attached hydrogens (primary N) is 2. The Labute approximate surface area is 217 Å². The molecular formula is C20H24FN8O6S2+. The Kier molecular flexibility index (Phi) is 7.47. The zero-order chi connectivity index (χ0) is 26.9. The molecule has 0 saturated carbocycles. The Morgan fingerprint density at radius 3 is 2.76 bits per heavy atom. The number of alkyl halides is 1. The van der Waals surface area contributed by atoms with Gasteiger partial charge in [0, 0.05) is 34.9 Å². The molecule has 14 nitrogen and oxygen atoms in total. The van der Waals surface area contributed by atoms with Crippen LogP contribution < -0.4 is 16.8 Å². The van der Waals surface area contributed by atoms with Crippen LogP contribution in [-0.2, 0) is 24.0 Å². The molecule has 1 unspecified atom stereocenters. The number of rotatable bonds is 9. The van der Waals surface area contributed by atoms with Crippen LogP contribution in [0.25, 0.3) is 0 Å². The molecule has 1 fully saturated rings. The molecule has 37 heavy (non-hydrogen) atoms. The van der Waals surface area contributed by atoms with Gasteiger partial charge in [0.1, 0.15) is 23.7 Å². The first-order valence-corrected chi connectivity index (χ1v) is 12.8. The van der Waals surface area contributed by atoms with E-state index < -0.39 is 47.7 Å². The summed E-state index contributed by atoms with van der Waals surface area (Å²) >= 11 is 2.10. The van der Waals surface area contributed by atoms with E-state index in [2.05, 4.69) is 24.7 Å². The molecule has 4 rings (SSSR count). The lowest BCUT2D eigenvalue weighted by Gasteiger charge is -2.50. The molecule has 0 aromatic carbocycles. The Morgan fingerprint density at radius 2 is 2.19 bits per heavy atom. The molecule has 1 saturated heterocycles. The number of amides is 3. The first-order chi connectivity index (χ1) is 17.5. The molecule has 6 N–H and O–H groups in total. The largest absolute Gasteiger partial charge is 0.477 e. The number of quaternary nitrogens is 1. The topological polar surface area (TPSA) is 203 Å². The predicted octanol–water partition coefficient (Wildman–Crippen LogP) is -1.23. The third kappa shape index (κ3) is 5.28. The molecule has 3 aliphatic rings. The van der Waals surface area contributed by atoms with Crippen LogP contribution in [0.4, 0.5) is 9.52 Å². The van der Waals surface area contributed by atoms with E-state index in [0.29, 0.717) is 47.4 Å². The summed E-state index contributed by atoms with van der Waals surface area (Å²) < 4.78 is 16.8. The quantitative estimate of drug-likeness (QED) is 0.124. The third-order valence-electron chi connectivity index (χ3n) is 6.20. The van der Waals surface area contributed by atoms with E-state index in [1.54, 1.807) is 6.08 Å². The second-order valence-electron chi connectivity index (χ2n) is 8.78. The average Bonchev–Trinajstić information content (AvgIpc) is 3.28. The molecule has 1 aromatic heterocycles. The molecule has 198 valence electrons. The van der Waals surface area contributed by atoms with Crippen molar-refractivity contribution in [3.63, 3.8) is 0 Å². The molecule has 0 spiro atoms. The van der Waals surface area contributed by atoms with Crippen molar-refractivity contribution in [3.8, 4) is 0 Å². The van der Waals surface area contributed by atoms with Crippen LogP contribution >= 0.6 is 23.3 Å². The molecule has 3 aliphatic heterocycles. The molecule has 4 heterocycles. The fourth-order valence-corrected chi connectivity index (χ4v) is 6.13. The second-order valence-corrected chi connectivity index (χ2v) is 10.7. The summed E-state index contributed by atoms with van der Waals surface area (Å²) in [5, 5.41) is 15.2. The fraction of sp³-hybridized carbons (Fsp3) is 0.450. The van der Waals surface area contributed by atoms with Crippen LogP contribution in [-0.4, -0.2) is 104 Å². The first kappa shape index (κ1) is 26.5. The Hall–Kier alpha value is -3.57. The number of carbonyl (C=O) groups is 4. The van der Waals surface area contributed by atoms with Crippen molar-refractivity contribution in [2.24, 2.45) is 10.9 Å². The van der Waals surface area contributed by atoms with Crippen LogP contribution in [0, 0.1) is 0 Å². The number of carboxylic acid groups (broad SMARTS) is 1. The van der Waals surface area contributed by atoms with Gasteiger partial charge in [0.05, 0.1) is 20.1 Å². The monoisotopic (exact) mass is 555 g/mol. The minimum absolute atomic E-state index is 0.0413. The highest BCUT2D eigenvalue weighted by atomic mass is 32.2. The van der Waals surface area contributed by atoms with Crippen LogP contribution in [0.1, 0.15) is 12.2 Å². The lowest BCUT2D eigenvalue weighted by atomic mass is 10.0. The number of aliphatic carboxylic acids is 1. The zero-order valence-corrected chi connectivity index (χ0v) is 21.2. The van der Waals surface area contributed by atoms with Gasteiger partial charge in [-0.2, -0.15) is 9.36 Å². The summed E-state index contributed by atoms with van der Waals surface area (Å²) in [4.78, 5) is 58.8. The van der Waals surface area contributed by atoms with Crippen molar-refractivity contribution in [3.05, 3.63) is 28.7 Å². The summed E-state index contributed by atoms with van der Waals surface area (Å²) in [7, 11) is 1.94. The maximum absolute atomic E-state index is 13.0. The van der Waals surface area contributed by atoms with E-state index >= 15 is 0 Å². The van der Waals surface area contributed by atoms with E-state index in [1.165, 1.54) is 11.8 Å². The summed E-state index contributed by atoms with van der Waals surface area (Å²) in [6.45, 7) is 0.133. The number of thioether (sulfide) groups is 1. The highest BCUT2D eigenvalue weighted by Crippen LogP contribution is 2.41. The number of β-lactam (4-membered cyclic amide) rings is 1. The van der Waals surface area contributed by atoms with E-state index in [9.17, 15) is 28.7 Å². The predicted molar refractivity (Wildman–Crippen MR) is 130 cm³/mol. The van der Waals surface area contributed by atoms with E-state index in [-0.39, 0.29) is 16.7 Å². The molecule has 3 atom stereocenters. The number of carboxylic acids is 1. The van der Waals surface area contributed by atoms with Gasteiger partial charge in [0.15, 0.2) is 5.13 Å². The van der Waals surface area contributed by atoms with Crippen LogP contribution in [0.2, 0.25) is 0 Å². The number of anilines is 1. The van der Waals surface area contributed by atoms with Crippen molar-refractivity contribution in [1.82, 2.24) is 19.6 Å². The summed E-state index contributed by atoms with van der Waals surface area (Å²) in [6, 6.07) is -1.05. The average molecular weight is 556 g/mol. The van der Waals surface area contributed by atoms with Gasteiger partial charge < -0.3 is 31.2 Å². The summed E-state index contributed by atoms with van der Waals surface area (Å²) in [5.74, 6) is -3.12. The minimum atomic E-state index is -1.31. The van der Waals surface area contributed by atoms with Gasteiger partial charge in [-0.3, -0.25) is 19.3 Å².